The summed E-state index contributed by atoms with van der Waals surface area (Å²) in [4.78, 5) is 3.85. The highest BCUT2D eigenvalue weighted by Crippen LogP contribution is 2.32. The summed E-state index contributed by atoms with van der Waals surface area (Å²) in [6, 6.07) is 0. The summed E-state index contributed by atoms with van der Waals surface area (Å²) in [5, 5.41) is 22.5. The molecular formula is C44H92N8O2S2. The Labute approximate surface area is 355 Å². The molecule has 0 aromatic heterocycles. The Morgan fingerprint density at radius 3 is 1.05 bits per heavy atom. The fourth-order valence-electron chi connectivity index (χ4n) is 7.01. The third-order valence-electron chi connectivity index (χ3n) is 10.8. The minimum Gasteiger partial charge on any atom is -0.381 e. The fraction of sp³-hybridized carbons (Fsp3) is 0.977. The number of rotatable bonds is 0. The molecule has 10 aliphatic heterocycles. The lowest BCUT2D eigenvalue weighted by molar-refractivity contribution is 0.0968. The maximum atomic E-state index is 5.07. The molecule has 0 aromatic carbocycles. The highest BCUT2D eigenvalue weighted by Gasteiger charge is 2.27. The maximum Gasteiger partial charge on any atom is 0.0825 e. The molecule has 10 fully saturated rings. The number of ether oxygens (including phenoxy) is 2. The Kier molecular flexibility index (Phi) is 41.2. The summed E-state index contributed by atoms with van der Waals surface area (Å²) in [6.07, 6.45) is 29.7. The van der Waals surface area contributed by atoms with E-state index in [9.17, 15) is 0 Å². The molecule has 0 amide bonds. The van der Waals surface area contributed by atoms with E-state index in [0.29, 0.717) is 0 Å². The maximum absolute atomic E-state index is 5.07. The molecule has 10 nitrogen and oxygen atoms in total. The second-order valence-electron chi connectivity index (χ2n) is 16.1. The molecule has 0 aromatic rings. The molecule has 2 atom stereocenters. The van der Waals surface area contributed by atoms with Crippen LogP contribution >= 0.6 is 23.5 Å². The molecule has 9 saturated heterocycles. The zero-order valence-corrected chi connectivity index (χ0v) is 37.9. The molecule has 56 heavy (non-hydrogen) atoms. The molecule has 0 spiro atoms. The van der Waals surface area contributed by atoms with Gasteiger partial charge in [0.15, 0.2) is 0 Å². The predicted molar refractivity (Wildman–Crippen MR) is 249 cm³/mol. The average Bonchev–Trinajstić information content (AvgIpc) is 4.13. The molecular weight excluding hydrogens is 737 g/mol. The molecule has 0 radical (unpaired) electrons. The number of nitrogens with one attached hydrogen (secondary N) is 7. The summed E-state index contributed by atoms with van der Waals surface area (Å²) in [5.74, 6) is 7.41. The number of thioether (sulfide) groups is 2. The number of nitrogens with zero attached hydrogens (tertiary/aromatic N) is 1. The summed E-state index contributed by atoms with van der Waals surface area (Å²) in [6.45, 7) is 19.8. The van der Waals surface area contributed by atoms with E-state index in [1.54, 1.807) is 6.34 Å². The van der Waals surface area contributed by atoms with Crippen LogP contribution in [-0.4, -0.2) is 141 Å². The molecule has 1 saturated carbocycles. The standard InChI is InChI=1S/C7H13N.2C5H11N.C5H10O.C5H10S.C4H9N.C4H8O.C3H6N2.C3H7NS.C3H7N/c1-2-7-3-6(1)4-8-5-7;4*1-2-4-6-5-3-1;2*1-2-4-5-3-1;2*1-2-5-3-4-1;1-2-4-3-1/h6-8H,1-5H2;2*6H,1-5H2;2*1-5H2;5H,1-4H2;1-4H2;3H,1-2H2,(H,4,5);4H,1-3H2;4H,1-3H2. The van der Waals surface area contributed by atoms with Crippen LogP contribution in [0.15, 0.2) is 4.99 Å². The molecule has 11 aliphatic rings. The van der Waals surface area contributed by atoms with Crippen molar-refractivity contribution >= 4 is 29.9 Å². The highest BCUT2D eigenvalue weighted by molar-refractivity contribution is 7.99. The fourth-order valence-corrected chi connectivity index (χ4v) is 8.76. The summed E-state index contributed by atoms with van der Waals surface area (Å²) in [5.41, 5.74) is 0. The van der Waals surface area contributed by atoms with E-state index in [4.69, 9.17) is 9.47 Å². The number of aliphatic imine (C=N–C) groups is 1. The van der Waals surface area contributed by atoms with Gasteiger partial charge in [-0.25, -0.2) is 0 Å². The second kappa shape index (κ2) is 44.4. The van der Waals surface area contributed by atoms with Gasteiger partial charge in [0.25, 0.3) is 0 Å². The van der Waals surface area contributed by atoms with Crippen LogP contribution in [0.5, 0.6) is 0 Å². The monoisotopic (exact) mass is 829 g/mol. The minimum absolute atomic E-state index is 0.958. The first kappa shape index (κ1) is 52.0. The van der Waals surface area contributed by atoms with Gasteiger partial charge >= 0.3 is 0 Å². The van der Waals surface area contributed by atoms with Crippen molar-refractivity contribution in [2.24, 2.45) is 16.8 Å². The second-order valence-corrected chi connectivity index (χ2v) is 18.4. The largest absolute Gasteiger partial charge is 0.381 e. The van der Waals surface area contributed by atoms with Crippen LogP contribution in [-0.2, 0) is 9.47 Å². The van der Waals surface area contributed by atoms with Gasteiger partial charge < -0.3 is 46.7 Å². The van der Waals surface area contributed by atoms with Gasteiger partial charge in [0.1, 0.15) is 0 Å². The molecule has 2 bridgehead atoms. The topological polar surface area (TPSA) is 115 Å². The Morgan fingerprint density at radius 2 is 0.857 bits per heavy atom. The van der Waals surface area contributed by atoms with Gasteiger partial charge in [0, 0.05) is 51.1 Å². The van der Waals surface area contributed by atoms with Gasteiger partial charge in [-0.15, -0.1) is 11.8 Å². The Hall–Kier alpha value is -0.150. The van der Waals surface area contributed by atoms with Gasteiger partial charge in [-0.1, -0.05) is 19.3 Å². The number of piperidine rings is 3. The third kappa shape index (κ3) is 38.1. The van der Waals surface area contributed by atoms with Gasteiger partial charge in [0.05, 0.1) is 12.9 Å². The minimum atomic E-state index is 0.958. The van der Waals surface area contributed by atoms with Crippen LogP contribution < -0.4 is 37.2 Å². The van der Waals surface area contributed by atoms with E-state index < -0.39 is 0 Å². The van der Waals surface area contributed by atoms with Gasteiger partial charge in [-0.05, 0) is 198 Å². The van der Waals surface area contributed by atoms with E-state index in [1.807, 2.05) is 11.8 Å². The van der Waals surface area contributed by atoms with E-state index in [0.717, 1.165) is 51.4 Å². The molecule has 332 valence electrons. The molecule has 7 N–H and O–H groups in total. The van der Waals surface area contributed by atoms with Crippen molar-refractivity contribution < 1.29 is 9.47 Å². The summed E-state index contributed by atoms with van der Waals surface area (Å²) < 4.78 is 10.0. The smallest absolute Gasteiger partial charge is 0.0825 e. The van der Waals surface area contributed by atoms with Crippen LogP contribution in [0.25, 0.3) is 0 Å². The Bertz CT molecular complexity index is 609. The Balaban J connectivity index is 0.000000216. The molecule has 11 rings (SSSR count). The van der Waals surface area contributed by atoms with Crippen LogP contribution in [0.3, 0.4) is 0 Å². The molecule has 12 heteroatoms. The van der Waals surface area contributed by atoms with Crippen LogP contribution in [0.4, 0.5) is 0 Å². The van der Waals surface area contributed by atoms with Crippen LogP contribution in [0, 0.1) is 11.8 Å². The van der Waals surface area contributed by atoms with Crippen molar-refractivity contribution in [3.63, 3.8) is 0 Å². The van der Waals surface area contributed by atoms with Gasteiger partial charge in [0.2, 0.25) is 0 Å². The van der Waals surface area contributed by atoms with Gasteiger partial charge in [-0.3, -0.25) is 4.99 Å². The van der Waals surface area contributed by atoms with E-state index >= 15 is 0 Å². The van der Waals surface area contributed by atoms with Crippen molar-refractivity contribution in [1.82, 2.24) is 37.2 Å². The first-order chi connectivity index (χ1) is 27.9. The number of hydrogen-bond donors (Lipinski definition) is 7. The molecule has 10 heterocycles. The lowest BCUT2D eigenvalue weighted by atomic mass is 10.0. The third-order valence-corrected chi connectivity index (χ3v) is 12.8. The van der Waals surface area contributed by atoms with E-state index in [-0.39, 0.29) is 0 Å². The number of hydrogen-bond acceptors (Lipinski definition) is 12. The first-order valence-electron chi connectivity index (χ1n) is 23.7. The average molecular weight is 829 g/mol. The van der Waals surface area contributed by atoms with Gasteiger partial charge in [-0.2, -0.15) is 11.8 Å². The molecule has 2 unspecified atom stereocenters. The first-order valence-corrected chi connectivity index (χ1v) is 26.0. The highest BCUT2D eigenvalue weighted by atomic mass is 32.2. The van der Waals surface area contributed by atoms with E-state index in [2.05, 4.69) is 54.0 Å². The van der Waals surface area contributed by atoms with Crippen LogP contribution in [0.1, 0.15) is 128 Å². The van der Waals surface area contributed by atoms with Crippen molar-refractivity contribution in [2.45, 2.75) is 128 Å². The zero-order valence-electron chi connectivity index (χ0n) is 36.3. The molecule has 1 aliphatic carbocycles. The normalized spacial score (nSPS) is 26.6. The van der Waals surface area contributed by atoms with Crippen LogP contribution in [0.2, 0.25) is 0 Å². The lowest BCUT2D eigenvalue weighted by Crippen LogP contribution is -2.30. The Morgan fingerprint density at radius 1 is 0.411 bits per heavy atom. The van der Waals surface area contributed by atoms with Crippen molar-refractivity contribution in [3.05, 3.63) is 0 Å². The van der Waals surface area contributed by atoms with Crippen molar-refractivity contribution in [3.8, 4) is 0 Å². The van der Waals surface area contributed by atoms with E-state index in [1.165, 1.54) is 224 Å². The number of fused-ring (bicyclic) bond motifs is 2. The quantitative estimate of drug-likeness (QED) is 0.142. The predicted octanol–water partition coefficient (Wildman–Crippen LogP) is 6.66. The van der Waals surface area contributed by atoms with Crippen molar-refractivity contribution in [1.29, 1.82) is 0 Å². The summed E-state index contributed by atoms with van der Waals surface area (Å²) >= 11 is 4.06. The summed E-state index contributed by atoms with van der Waals surface area (Å²) in [7, 11) is 0. The SMILES string of the molecule is C1=NCCN1.C1CC2CNCC1C2.C1CCNC1.C1CCNCC1.C1CCNCC1.C1CCOC1.C1CCOCC1.C1CCSCC1.C1CNC1.C1CSCN1. The lowest BCUT2D eigenvalue weighted by Gasteiger charge is -2.18. The zero-order chi connectivity index (χ0) is 39.3. The van der Waals surface area contributed by atoms with Crippen molar-refractivity contribution in [2.75, 3.05) is 135 Å².